The fourth-order valence-corrected chi connectivity index (χ4v) is 2.15. The summed E-state index contributed by atoms with van der Waals surface area (Å²) in [6.45, 7) is 3.92. The van der Waals surface area contributed by atoms with Gasteiger partial charge in [-0.05, 0) is 31.5 Å². The molecule has 0 aliphatic heterocycles. The van der Waals surface area contributed by atoms with Gasteiger partial charge in [-0.25, -0.2) is 4.79 Å². The summed E-state index contributed by atoms with van der Waals surface area (Å²) in [6.07, 6.45) is 0. The van der Waals surface area contributed by atoms with Crippen LogP contribution in [0.25, 0.3) is 10.9 Å². The van der Waals surface area contributed by atoms with Gasteiger partial charge in [0.2, 0.25) is 0 Å². The summed E-state index contributed by atoms with van der Waals surface area (Å²) in [4.78, 5) is 14.1. The number of aryl methyl sites for hydroxylation is 2. The van der Waals surface area contributed by atoms with Gasteiger partial charge in [0, 0.05) is 15.6 Å². The van der Waals surface area contributed by atoms with Crippen molar-refractivity contribution in [1.29, 1.82) is 0 Å². The van der Waals surface area contributed by atoms with Gasteiger partial charge in [-0.2, -0.15) is 0 Å². The number of aromatic carboxylic acids is 1. The molecule has 0 aliphatic carbocycles. The zero-order valence-corrected chi connectivity index (χ0v) is 9.97. The van der Waals surface area contributed by atoms with Crippen molar-refractivity contribution >= 4 is 32.8 Å². The Hall–Kier alpha value is -1.29. The first kappa shape index (κ1) is 10.2. The van der Waals surface area contributed by atoms with Gasteiger partial charge in [0.1, 0.15) is 0 Å². The van der Waals surface area contributed by atoms with E-state index in [0.29, 0.717) is 11.1 Å². The standard InChI is InChI=1S/C11H10BrNO2/c1-5-6(2)13-10-8(5)3-7(12)4-9(10)11(14)15/h3-4,13H,1-2H3,(H,14,15). The number of H-pyrrole nitrogens is 1. The number of aromatic amines is 1. The normalized spacial score (nSPS) is 10.9. The molecule has 1 aromatic carbocycles. The number of fused-ring (bicyclic) bond motifs is 1. The smallest absolute Gasteiger partial charge is 0.337 e. The molecule has 0 atom stereocenters. The minimum Gasteiger partial charge on any atom is -0.478 e. The van der Waals surface area contributed by atoms with E-state index in [1.807, 2.05) is 19.9 Å². The van der Waals surface area contributed by atoms with Gasteiger partial charge >= 0.3 is 5.97 Å². The largest absolute Gasteiger partial charge is 0.478 e. The Morgan fingerprint density at radius 3 is 2.67 bits per heavy atom. The van der Waals surface area contributed by atoms with Crippen LogP contribution < -0.4 is 0 Å². The van der Waals surface area contributed by atoms with Crippen LogP contribution in [0.15, 0.2) is 16.6 Å². The zero-order valence-electron chi connectivity index (χ0n) is 8.39. The number of carboxylic acid groups (broad SMARTS) is 1. The van der Waals surface area contributed by atoms with Crippen molar-refractivity contribution in [1.82, 2.24) is 4.98 Å². The summed E-state index contributed by atoms with van der Waals surface area (Å²) in [5, 5.41) is 10.0. The van der Waals surface area contributed by atoms with E-state index in [9.17, 15) is 4.79 Å². The van der Waals surface area contributed by atoms with Gasteiger partial charge in [0.25, 0.3) is 0 Å². The average Bonchev–Trinajstić information content (AvgIpc) is 2.43. The third-order valence-corrected chi connectivity index (χ3v) is 3.07. The molecule has 0 spiro atoms. The fraction of sp³-hybridized carbons (Fsp3) is 0.182. The highest BCUT2D eigenvalue weighted by atomic mass is 79.9. The number of halogens is 1. The molecule has 0 saturated carbocycles. The summed E-state index contributed by atoms with van der Waals surface area (Å²) in [5.41, 5.74) is 3.09. The van der Waals surface area contributed by atoms with Crippen LogP contribution in [-0.2, 0) is 0 Å². The lowest BCUT2D eigenvalue weighted by molar-refractivity contribution is 0.0699. The predicted molar refractivity (Wildman–Crippen MR) is 62.4 cm³/mol. The number of aromatic nitrogens is 1. The van der Waals surface area contributed by atoms with E-state index in [-0.39, 0.29) is 0 Å². The molecule has 0 aliphatic rings. The van der Waals surface area contributed by atoms with Crippen LogP contribution in [0.1, 0.15) is 21.6 Å². The Labute approximate surface area is 95.2 Å². The molecule has 0 unspecified atom stereocenters. The van der Waals surface area contributed by atoms with Crippen molar-refractivity contribution in [3.8, 4) is 0 Å². The maximum absolute atomic E-state index is 11.0. The second-order valence-corrected chi connectivity index (χ2v) is 4.47. The Bertz CT molecular complexity index is 557. The van der Waals surface area contributed by atoms with Gasteiger partial charge in [-0.3, -0.25) is 0 Å². The molecule has 0 radical (unpaired) electrons. The van der Waals surface area contributed by atoms with Crippen molar-refractivity contribution in [3.63, 3.8) is 0 Å². The molecule has 0 amide bonds. The van der Waals surface area contributed by atoms with E-state index in [1.165, 1.54) is 0 Å². The number of nitrogens with one attached hydrogen (secondary N) is 1. The van der Waals surface area contributed by atoms with E-state index >= 15 is 0 Å². The van der Waals surface area contributed by atoms with Crippen molar-refractivity contribution < 1.29 is 9.90 Å². The topological polar surface area (TPSA) is 53.1 Å². The molecule has 4 heteroatoms. The second kappa shape index (κ2) is 3.38. The maximum atomic E-state index is 11.0. The van der Waals surface area contributed by atoms with E-state index < -0.39 is 5.97 Å². The first-order valence-electron chi connectivity index (χ1n) is 4.52. The molecule has 78 valence electrons. The Balaban J connectivity index is 2.92. The Morgan fingerprint density at radius 2 is 2.07 bits per heavy atom. The zero-order chi connectivity index (χ0) is 11.2. The third-order valence-electron chi connectivity index (χ3n) is 2.61. The van der Waals surface area contributed by atoms with Gasteiger partial charge in [-0.15, -0.1) is 0 Å². The molecule has 1 aromatic heterocycles. The van der Waals surface area contributed by atoms with Crippen LogP contribution in [0.2, 0.25) is 0 Å². The fourth-order valence-electron chi connectivity index (χ4n) is 1.69. The number of carboxylic acids is 1. The SMILES string of the molecule is Cc1[nH]c2c(C(=O)O)cc(Br)cc2c1C. The number of benzene rings is 1. The molecule has 0 saturated heterocycles. The highest BCUT2D eigenvalue weighted by molar-refractivity contribution is 9.10. The highest BCUT2D eigenvalue weighted by Gasteiger charge is 2.14. The summed E-state index contributed by atoms with van der Waals surface area (Å²) in [5.74, 6) is -0.914. The molecule has 3 nitrogen and oxygen atoms in total. The molecule has 2 aromatic rings. The van der Waals surface area contributed by atoms with Crippen LogP contribution in [-0.4, -0.2) is 16.1 Å². The Kier molecular flexibility index (Phi) is 2.31. The lowest BCUT2D eigenvalue weighted by Crippen LogP contribution is -1.97. The molecule has 2 N–H and O–H groups in total. The molecule has 2 rings (SSSR count). The van der Waals surface area contributed by atoms with Crippen molar-refractivity contribution in [2.45, 2.75) is 13.8 Å². The summed E-state index contributed by atoms with van der Waals surface area (Å²) < 4.78 is 0.787. The van der Waals surface area contributed by atoms with Gasteiger partial charge in [0.05, 0.1) is 11.1 Å². The van der Waals surface area contributed by atoms with Crippen LogP contribution >= 0.6 is 15.9 Å². The minimum atomic E-state index is -0.914. The molecule has 0 fully saturated rings. The van der Waals surface area contributed by atoms with Crippen molar-refractivity contribution in [2.24, 2.45) is 0 Å². The van der Waals surface area contributed by atoms with Crippen LogP contribution in [0.4, 0.5) is 0 Å². The summed E-state index contributed by atoms with van der Waals surface area (Å²) in [7, 11) is 0. The van der Waals surface area contributed by atoms with Crippen molar-refractivity contribution in [2.75, 3.05) is 0 Å². The average molecular weight is 268 g/mol. The lowest BCUT2D eigenvalue weighted by Gasteiger charge is -1.99. The first-order chi connectivity index (χ1) is 7.00. The number of rotatable bonds is 1. The lowest BCUT2D eigenvalue weighted by atomic mass is 10.1. The van der Waals surface area contributed by atoms with Gasteiger partial charge < -0.3 is 10.1 Å². The molecule has 1 heterocycles. The molecular formula is C11H10BrNO2. The molecule has 15 heavy (non-hydrogen) atoms. The number of hydrogen-bond acceptors (Lipinski definition) is 1. The van der Waals surface area contributed by atoms with Crippen LogP contribution in [0.3, 0.4) is 0 Å². The number of hydrogen-bond donors (Lipinski definition) is 2. The Morgan fingerprint density at radius 1 is 1.40 bits per heavy atom. The second-order valence-electron chi connectivity index (χ2n) is 3.56. The van der Waals surface area contributed by atoms with E-state index in [4.69, 9.17) is 5.11 Å². The van der Waals surface area contributed by atoms with Crippen molar-refractivity contribution in [3.05, 3.63) is 33.4 Å². The first-order valence-corrected chi connectivity index (χ1v) is 5.31. The van der Waals surface area contributed by atoms with Crippen LogP contribution in [0, 0.1) is 13.8 Å². The van der Waals surface area contributed by atoms with E-state index in [1.54, 1.807) is 6.07 Å². The van der Waals surface area contributed by atoms with Crippen LogP contribution in [0.5, 0.6) is 0 Å². The summed E-state index contributed by atoms with van der Waals surface area (Å²) in [6, 6.07) is 3.54. The predicted octanol–water partition coefficient (Wildman–Crippen LogP) is 3.25. The van der Waals surface area contributed by atoms with Gasteiger partial charge in [-0.1, -0.05) is 15.9 Å². The molecular weight excluding hydrogens is 258 g/mol. The van der Waals surface area contributed by atoms with Gasteiger partial charge in [0.15, 0.2) is 0 Å². The summed E-state index contributed by atoms with van der Waals surface area (Å²) >= 11 is 3.32. The van der Waals surface area contributed by atoms with E-state index in [2.05, 4.69) is 20.9 Å². The van der Waals surface area contributed by atoms with E-state index in [0.717, 1.165) is 21.1 Å². The minimum absolute atomic E-state index is 0.301. The number of carbonyl (C=O) groups is 1. The molecule has 0 bridgehead atoms. The monoisotopic (exact) mass is 267 g/mol. The maximum Gasteiger partial charge on any atom is 0.337 e. The highest BCUT2D eigenvalue weighted by Crippen LogP contribution is 2.28. The quantitative estimate of drug-likeness (QED) is 0.834. The third kappa shape index (κ3) is 1.55.